The monoisotopic (exact) mass is 260 g/mol. The first-order chi connectivity index (χ1) is 9.22. The number of aromatic nitrogens is 1. The zero-order valence-electron chi connectivity index (χ0n) is 11.9. The van der Waals surface area contributed by atoms with Crippen LogP contribution in [0.3, 0.4) is 0 Å². The van der Waals surface area contributed by atoms with E-state index in [-0.39, 0.29) is 6.10 Å². The van der Waals surface area contributed by atoms with Crippen molar-refractivity contribution in [3.8, 4) is 5.75 Å². The molecule has 1 N–H and O–H groups in total. The molecule has 0 saturated heterocycles. The minimum absolute atomic E-state index is 0.187. The van der Waals surface area contributed by atoms with Gasteiger partial charge in [0.05, 0.1) is 6.10 Å². The molecule has 2 fully saturated rings. The van der Waals surface area contributed by atoms with Crippen LogP contribution >= 0.6 is 0 Å². The third-order valence-electron chi connectivity index (χ3n) is 4.55. The normalized spacial score (nSPS) is 28.9. The summed E-state index contributed by atoms with van der Waals surface area (Å²) in [7, 11) is 0. The number of fused-ring (bicyclic) bond motifs is 2. The van der Waals surface area contributed by atoms with Crippen molar-refractivity contribution in [2.75, 3.05) is 11.9 Å². The quantitative estimate of drug-likeness (QED) is 0.876. The van der Waals surface area contributed by atoms with Gasteiger partial charge in [0.2, 0.25) is 0 Å². The molecule has 1 aromatic rings. The fourth-order valence-corrected chi connectivity index (χ4v) is 3.73. The molecule has 2 aliphatic rings. The highest BCUT2D eigenvalue weighted by molar-refractivity contribution is 5.49. The first-order valence-corrected chi connectivity index (χ1v) is 7.58. The molecule has 3 atom stereocenters. The number of nitrogens with one attached hydrogen (secondary N) is 1. The molecule has 0 aromatic carbocycles. The lowest BCUT2D eigenvalue weighted by Crippen LogP contribution is -2.21. The fourth-order valence-electron chi connectivity index (χ4n) is 3.73. The summed E-state index contributed by atoms with van der Waals surface area (Å²) in [5.41, 5.74) is 0. The van der Waals surface area contributed by atoms with Crippen LogP contribution in [0.15, 0.2) is 18.3 Å². The zero-order valence-corrected chi connectivity index (χ0v) is 11.9. The van der Waals surface area contributed by atoms with E-state index in [0.717, 1.165) is 35.9 Å². The van der Waals surface area contributed by atoms with Gasteiger partial charge in [-0.05, 0) is 63.0 Å². The van der Waals surface area contributed by atoms with Gasteiger partial charge in [-0.2, -0.15) is 0 Å². The Labute approximate surface area is 115 Å². The molecule has 0 aliphatic heterocycles. The first-order valence-electron chi connectivity index (χ1n) is 7.58. The Morgan fingerprint density at radius 3 is 2.95 bits per heavy atom. The van der Waals surface area contributed by atoms with Crippen LogP contribution in [0.5, 0.6) is 5.75 Å². The summed E-state index contributed by atoms with van der Waals surface area (Å²) >= 11 is 0. The second kappa shape index (κ2) is 5.40. The number of nitrogens with zero attached hydrogens (tertiary/aromatic N) is 1. The minimum atomic E-state index is 0.187. The summed E-state index contributed by atoms with van der Waals surface area (Å²) in [5.74, 6) is 4.58. The van der Waals surface area contributed by atoms with E-state index in [1.807, 2.05) is 32.2 Å². The molecule has 0 radical (unpaired) electrons. The third kappa shape index (κ3) is 2.85. The number of anilines is 1. The molecule has 3 nitrogen and oxygen atoms in total. The summed E-state index contributed by atoms with van der Waals surface area (Å²) in [5, 5.41) is 3.51. The molecule has 3 unspecified atom stereocenters. The van der Waals surface area contributed by atoms with E-state index < -0.39 is 0 Å². The summed E-state index contributed by atoms with van der Waals surface area (Å²) in [4.78, 5) is 4.42. The highest BCUT2D eigenvalue weighted by Crippen LogP contribution is 2.48. The number of rotatable bonds is 5. The number of ether oxygens (including phenoxy) is 1. The van der Waals surface area contributed by atoms with Gasteiger partial charge in [0.15, 0.2) is 11.6 Å². The largest absolute Gasteiger partial charge is 0.487 e. The van der Waals surface area contributed by atoms with E-state index in [9.17, 15) is 0 Å². The predicted molar refractivity (Wildman–Crippen MR) is 77.4 cm³/mol. The van der Waals surface area contributed by atoms with E-state index in [2.05, 4.69) is 10.3 Å². The molecule has 2 aliphatic carbocycles. The third-order valence-corrected chi connectivity index (χ3v) is 4.55. The highest BCUT2D eigenvalue weighted by Gasteiger charge is 2.39. The van der Waals surface area contributed by atoms with Gasteiger partial charge in [0, 0.05) is 12.7 Å². The summed E-state index contributed by atoms with van der Waals surface area (Å²) in [6, 6.07) is 3.93. The molecule has 3 rings (SSSR count). The van der Waals surface area contributed by atoms with Gasteiger partial charge in [-0.15, -0.1) is 0 Å². The van der Waals surface area contributed by atoms with Crippen molar-refractivity contribution in [1.82, 2.24) is 4.98 Å². The molecular formula is C16H24N2O. The smallest absolute Gasteiger partial charge is 0.168 e. The lowest BCUT2D eigenvalue weighted by molar-refractivity contribution is 0.242. The average molecular weight is 260 g/mol. The van der Waals surface area contributed by atoms with Crippen LogP contribution in [-0.4, -0.2) is 17.6 Å². The molecule has 2 saturated carbocycles. The van der Waals surface area contributed by atoms with Crippen LogP contribution in [0.1, 0.15) is 39.5 Å². The Bertz CT molecular complexity index is 433. The second-order valence-corrected chi connectivity index (χ2v) is 6.33. The van der Waals surface area contributed by atoms with E-state index in [1.54, 1.807) is 0 Å². The topological polar surface area (TPSA) is 34.1 Å². The summed E-state index contributed by atoms with van der Waals surface area (Å²) in [6.07, 6.45) is 7.79. The van der Waals surface area contributed by atoms with Crippen molar-refractivity contribution < 1.29 is 4.74 Å². The van der Waals surface area contributed by atoms with Gasteiger partial charge >= 0.3 is 0 Å². The molecule has 2 bridgehead atoms. The molecule has 104 valence electrons. The zero-order chi connectivity index (χ0) is 13.2. The van der Waals surface area contributed by atoms with Crippen molar-refractivity contribution in [3.05, 3.63) is 18.3 Å². The van der Waals surface area contributed by atoms with Crippen molar-refractivity contribution in [3.63, 3.8) is 0 Å². The Kier molecular flexibility index (Phi) is 3.63. The maximum atomic E-state index is 5.80. The number of pyridine rings is 1. The van der Waals surface area contributed by atoms with E-state index in [1.165, 1.54) is 25.7 Å². The minimum Gasteiger partial charge on any atom is -0.487 e. The summed E-state index contributed by atoms with van der Waals surface area (Å²) in [6.45, 7) is 5.14. The molecule has 3 heteroatoms. The van der Waals surface area contributed by atoms with Crippen LogP contribution in [0, 0.1) is 17.8 Å². The first kappa shape index (κ1) is 12.8. The maximum absolute atomic E-state index is 5.80. The SMILES string of the molecule is CC(C)Oc1cccnc1NCC1CC2CCC1C2. The Morgan fingerprint density at radius 2 is 2.26 bits per heavy atom. The fraction of sp³-hybridized carbons (Fsp3) is 0.688. The lowest BCUT2D eigenvalue weighted by atomic mass is 9.89. The lowest BCUT2D eigenvalue weighted by Gasteiger charge is -2.23. The molecule has 0 amide bonds. The highest BCUT2D eigenvalue weighted by atomic mass is 16.5. The predicted octanol–water partition coefficient (Wildman–Crippen LogP) is 3.72. The average Bonchev–Trinajstić information content (AvgIpc) is 2.99. The van der Waals surface area contributed by atoms with E-state index in [4.69, 9.17) is 4.74 Å². The van der Waals surface area contributed by atoms with Gasteiger partial charge in [0.1, 0.15) is 0 Å². The van der Waals surface area contributed by atoms with Crippen molar-refractivity contribution in [2.45, 2.75) is 45.6 Å². The summed E-state index contributed by atoms with van der Waals surface area (Å²) < 4.78 is 5.80. The second-order valence-electron chi connectivity index (χ2n) is 6.33. The number of hydrogen-bond acceptors (Lipinski definition) is 3. The standard InChI is InChI=1S/C16H24N2O/c1-11(2)19-15-4-3-7-17-16(15)18-10-14-9-12-5-6-13(14)8-12/h3-4,7,11-14H,5-6,8-10H2,1-2H3,(H,17,18). The van der Waals surface area contributed by atoms with Gasteiger partial charge in [-0.3, -0.25) is 0 Å². The number of hydrogen-bond donors (Lipinski definition) is 1. The molecule has 19 heavy (non-hydrogen) atoms. The Morgan fingerprint density at radius 1 is 1.37 bits per heavy atom. The van der Waals surface area contributed by atoms with Crippen LogP contribution < -0.4 is 10.1 Å². The van der Waals surface area contributed by atoms with Crippen molar-refractivity contribution in [1.29, 1.82) is 0 Å². The van der Waals surface area contributed by atoms with Crippen LogP contribution in [0.25, 0.3) is 0 Å². The van der Waals surface area contributed by atoms with Crippen molar-refractivity contribution >= 4 is 5.82 Å². The van der Waals surface area contributed by atoms with Crippen LogP contribution in [-0.2, 0) is 0 Å². The van der Waals surface area contributed by atoms with Gasteiger partial charge < -0.3 is 10.1 Å². The molecular weight excluding hydrogens is 236 g/mol. The Hall–Kier alpha value is -1.25. The van der Waals surface area contributed by atoms with Gasteiger partial charge in [-0.1, -0.05) is 6.42 Å². The van der Waals surface area contributed by atoms with Gasteiger partial charge in [-0.25, -0.2) is 4.98 Å². The molecule has 0 spiro atoms. The Balaban J connectivity index is 1.60. The molecule has 1 aromatic heterocycles. The molecule has 1 heterocycles. The van der Waals surface area contributed by atoms with E-state index in [0.29, 0.717) is 0 Å². The van der Waals surface area contributed by atoms with Crippen LogP contribution in [0.4, 0.5) is 5.82 Å². The van der Waals surface area contributed by atoms with Gasteiger partial charge in [0.25, 0.3) is 0 Å². The maximum Gasteiger partial charge on any atom is 0.168 e. The van der Waals surface area contributed by atoms with Crippen LogP contribution in [0.2, 0.25) is 0 Å². The van der Waals surface area contributed by atoms with Crippen molar-refractivity contribution in [2.24, 2.45) is 17.8 Å². The van der Waals surface area contributed by atoms with E-state index >= 15 is 0 Å².